The molecule has 0 heterocycles. The van der Waals surface area contributed by atoms with Crippen LogP contribution < -0.4 is 0 Å². The number of carbonyl (C=O) groups is 4. The van der Waals surface area contributed by atoms with Crippen molar-refractivity contribution in [3.8, 4) is 0 Å². The molecule has 0 spiro atoms. The van der Waals surface area contributed by atoms with E-state index in [0.29, 0.717) is 18.4 Å². The van der Waals surface area contributed by atoms with Crippen LogP contribution >= 0.6 is 0 Å². The standard InChI is InChI=1S/C22H30O8/c23-19(24)16-12-13-17(20(25)26)15(14-16)10-8-6-4-2-1-3-5-7-9-11-18(21(27)28)22(29)30/h12-14,18H,1-11H2,(H,23,24)(H,25,26)(H,27,28)(H,29,30). The van der Waals surface area contributed by atoms with E-state index in [4.69, 9.17) is 15.3 Å². The van der Waals surface area contributed by atoms with Crippen LogP contribution in [-0.2, 0) is 16.0 Å². The Hall–Kier alpha value is -2.90. The molecule has 0 saturated heterocycles. The number of aromatic carboxylic acids is 2. The van der Waals surface area contributed by atoms with Crippen molar-refractivity contribution in [1.29, 1.82) is 0 Å². The lowest BCUT2D eigenvalue weighted by atomic mass is 9.97. The van der Waals surface area contributed by atoms with E-state index in [1.165, 1.54) is 18.2 Å². The van der Waals surface area contributed by atoms with Gasteiger partial charge >= 0.3 is 23.9 Å². The van der Waals surface area contributed by atoms with E-state index in [0.717, 1.165) is 51.4 Å². The van der Waals surface area contributed by atoms with Gasteiger partial charge in [-0.1, -0.05) is 51.4 Å². The molecule has 1 aromatic rings. The van der Waals surface area contributed by atoms with E-state index < -0.39 is 29.8 Å². The number of hydrogen-bond acceptors (Lipinski definition) is 4. The summed E-state index contributed by atoms with van der Waals surface area (Å²) >= 11 is 0. The van der Waals surface area contributed by atoms with Crippen molar-refractivity contribution in [2.75, 3.05) is 0 Å². The van der Waals surface area contributed by atoms with Gasteiger partial charge in [0.15, 0.2) is 5.92 Å². The molecule has 0 radical (unpaired) electrons. The Morgan fingerprint density at radius 1 is 0.667 bits per heavy atom. The van der Waals surface area contributed by atoms with E-state index in [2.05, 4.69) is 0 Å². The van der Waals surface area contributed by atoms with Gasteiger partial charge in [0.1, 0.15) is 0 Å². The molecule has 0 bridgehead atoms. The van der Waals surface area contributed by atoms with E-state index >= 15 is 0 Å². The highest BCUT2D eigenvalue weighted by molar-refractivity contribution is 5.93. The smallest absolute Gasteiger partial charge is 0.335 e. The summed E-state index contributed by atoms with van der Waals surface area (Å²) in [7, 11) is 0. The van der Waals surface area contributed by atoms with Gasteiger partial charge in [0, 0.05) is 0 Å². The number of rotatable bonds is 16. The molecular formula is C22H30O8. The number of carboxylic acid groups (broad SMARTS) is 4. The molecule has 0 saturated carbocycles. The first-order valence-corrected chi connectivity index (χ1v) is 10.3. The Morgan fingerprint density at radius 3 is 1.63 bits per heavy atom. The number of aryl methyl sites for hydroxylation is 1. The molecular weight excluding hydrogens is 392 g/mol. The van der Waals surface area contributed by atoms with Crippen LogP contribution in [-0.4, -0.2) is 44.3 Å². The fourth-order valence-electron chi connectivity index (χ4n) is 3.40. The summed E-state index contributed by atoms with van der Waals surface area (Å²) in [5, 5.41) is 35.9. The van der Waals surface area contributed by atoms with Crippen LogP contribution in [0.1, 0.15) is 90.5 Å². The number of aliphatic carboxylic acids is 2. The van der Waals surface area contributed by atoms with Crippen molar-refractivity contribution in [2.24, 2.45) is 5.92 Å². The molecule has 1 rings (SSSR count). The third-order valence-electron chi connectivity index (χ3n) is 5.12. The Labute approximate surface area is 175 Å². The predicted molar refractivity (Wildman–Crippen MR) is 109 cm³/mol. The van der Waals surface area contributed by atoms with Gasteiger partial charge in [-0.15, -0.1) is 0 Å². The largest absolute Gasteiger partial charge is 0.481 e. The lowest BCUT2D eigenvalue weighted by molar-refractivity contribution is -0.154. The fourth-order valence-corrected chi connectivity index (χ4v) is 3.40. The van der Waals surface area contributed by atoms with Gasteiger partial charge in [-0.25, -0.2) is 9.59 Å². The first kappa shape index (κ1) is 25.1. The van der Waals surface area contributed by atoms with Crippen molar-refractivity contribution in [1.82, 2.24) is 0 Å². The highest BCUT2D eigenvalue weighted by atomic mass is 16.4. The van der Waals surface area contributed by atoms with Crippen molar-refractivity contribution in [3.63, 3.8) is 0 Å². The Bertz CT molecular complexity index is 727. The maximum Gasteiger partial charge on any atom is 0.335 e. The lowest BCUT2D eigenvalue weighted by Crippen LogP contribution is -2.23. The van der Waals surface area contributed by atoms with Gasteiger partial charge in [-0.3, -0.25) is 9.59 Å². The molecule has 0 unspecified atom stereocenters. The normalized spacial score (nSPS) is 10.8. The second-order valence-corrected chi connectivity index (χ2v) is 7.43. The number of hydrogen-bond donors (Lipinski definition) is 4. The van der Waals surface area contributed by atoms with Crippen molar-refractivity contribution >= 4 is 23.9 Å². The Kier molecular flexibility index (Phi) is 11.2. The van der Waals surface area contributed by atoms with Gasteiger partial charge in [-0.2, -0.15) is 0 Å². The minimum Gasteiger partial charge on any atom is -0.481 e. The number of benzene rings is 1. The van der Waals surface area contributed by atoms with Crippen LogP contribution in [0, 0.1) is 5.92 Å². The summed E-state index contributed by atoms with van der Waals surface area (Å²) in [5.41, 5.74) is 0.782. The SMILES string of the molecule is O=C(O)c1ccc(C(=O)O)c(CCCCCCCCCCCC(C(=O)O)C(=O)O)c1. The molecule has 0 atom stereocenters. The van der Waals surface area contributed by atoms with E-state index in [-0.39, 0.29) is 17.5 Å². The summed E-state index contributed by atoms with van der Waals surface area (Å²) in [5.74, 6) is -6.02. The van der Waals surface area contributed by atoms with Crippen LogP contribution in [0.5, 0.6) is 0 Å². The third-order valence-corrected chi connectivity index (χ3v) is 5.12. The molecule has 166 valence electrons. The van der Waals surface area contributed by atoms with Gasteiger partial charge in [0.2, 0.25) is 0 Å². The fraction of sp³-hybridized carbons (Fsp3) is 0.545. The van der Waals surface area contributed by atoms with Gasteiger partial charge in [-0.05, 0) is 43.0 Å². The highest BCUT2D eigenvalue weighted by Gasteiger charge is 2.24. The highest BCUT2D eigenvalue weighted by Crippen LogP contribution is 2.18. The lowest BCUT2D eigenvalue weighted by Gasteiger charge is -2.08. The van der Waals surface area contributed by atoms with Gasteiger partial charge < -0.3 is 20.4 Å². The predicted octanol–water partition coefficient (Wildman–Crippen LogP) is 4.31. The number of carboxylic acids is 4. The van der Waals surface area contributed by atoms with Crippen LogP contribution in [0.2, 0.25) is 0 Å². The zero-order chi connectivity index (χ0) is 22.5. The van der Waals surface area contributed by atoms with Gasteiger partial charge in [0.05, 0.1) is 11.1 Å². The minimum absolute atomic E-state index is 0.0908. The van der Waals surface area contributed by atoms with Crippen LogP contribution in [0.25, 0.3) is 0 Å². The molecule has 0 aromatic heterocycles. The van der Waals surface area contributed by atoms with E-state index in [1.54, 1.807) is 0 Å². The Morgan fingerprint density at radius 2 is 1.17 bits per heavy atom. The molecule has 0 amide bonds. The monoisotopic (exact) mass is 422 g/mol. The molecule has 0 aliphatic carbocycles. The molecule has 8 heteroatoms. The van der Waals surface area contributed by atoms with Crippen LogP contribution in [0.15, 0.2) is 18.2 Å². The van der Waals surface area contributed by atoms with Crippen molar-refractivity contribution < 1.29 is 39.6 Å². The average Bonchev–Trinajstić information content (AvgIpc) is 2.67. The molecule has 1 aromatic carbocycles. The maximum atomic E-state index is 11.3. The zero-order valence-corrected chi connectivity index (χ0v) is 17.0. The summed E-state index contributed by atoms with van der Waals surface area (Å²) < 4.78 is 0. The first-order chi connectivity index (χ1) is 14.2. The quantitative estimate of drug-likeness (QED) is 0.227. The molecule has 8 nitrogen and oxygen atoms in total. The topological polar surface area (TPSA) is 149 Å². The Balaban J connectivity index is 2.17. The van der Waals surface area contributed by atoms with Crippen LogP contribution in [0.3, 0.4) is 0 Å². The minimum atomic E-state index is -1.32. The van der Waals surface area contributed by atoms with Gasteiger partial charge in [0.25, 0.3) is 0 Å². The molecule has 30 heavy (non-hydrogen) atoms. The zero-order valence-electron chi connectivity index (χ0n) is 17.0. The average molecular weight is 422 g/mol. The third kappa shape index (κ3) is 9.07. The second kappa shape index (κ2) is 13.3. The maximum absolute atomic E-state index is 11.3. The van der Waals surface area contributed by atoms with Crippen LogP contribution in [0.4, 0.5) is 0 Å². The van der Waals surface area contributed by atoms with E-state index in [1.807, 2.05) is 0 Å². The molecule has 0 aliphatic rings. The second-order valence-electron chi connectivity index (χ2n) is 7.43. The molecule has 0 fully saturated rings. The van der Waals surface area contributed by atoms with Crippen molar-refractivity contribution in [2.45, 2.75) is 70.6 Å². The first-order valence-electron chi connectivity index (χ1n) is 10.3. The molecule has 4 N–H and O–H groups in total. The summed E-state index contributed by atoms with van der Waals surface area (Å²) in [6.07, 6.45) is 8.82. The number of unbranched alkanes of at least 4 members (excludes halogenated alkanes) is 8. The summed E-state index contributed by atoms with van der Waals surface area (Å²) in [4.78, 5) is 43.9. The summed E-state index contributed by atoms with van der Waals surface area (Å²) in [6.45, 7) is 0. The van der Waals surface area contributed by atoms with E-state index in [9.17, 15) is 24.3 Å². The summed E-state index contributed by atoms with van der Waals surface area (Å²) in [6, 6.07) is 4.08. The molecule has 0 aliphatic heterocycles. The van der Waals surface area contributed by atoms with Crippen molar-refractivity contribution in [3.05, 3.63) is 34.9 Å².